The van der Waals surface area contributed by atoms with Crippen molar-refractivity contribution in [2.24, 2.45) is 0 Å². The monoisotopic (exact) mass is 779 g/mol. The van der Waals surface area contributed by atoms with Crippen molar-refractivity contribution >= 4 is 38.9 Å². The number of amides is 1. The predicted molar refractivity (Wildman–Crippen MR) is 202 cm³/mol. The number of thiophene rings is 1. The van der Waals surface area contributed by atoms with E-state index < -0.39 is 65.0 Å². The first-order chi connectivity index (χ1) is 25.8. The average Bonchev–Trinajstić information content (AvgIpc) is 3.65. The number of nitrogens with one attached hydrogen (secondary N) is 1. The Morgan fingerprint density at radius 3 is 1.89 bits per heavy atom. The number of anilines is 1. The Bertz CT molecular complexity index is 2040. The second-order valence-electron chi connectivity index (χ2n) is 12.5. The summed E-state index contributed by atoms with van der Waals surface area (Å²) in [7, 11) is -3.20. The third-order valence-corrected chi connectivity index (χ3v) is 12.3. The van der Waals surface area contributed by atoms with Gasteiger partial charge in [-0.05, 0) is 59.5 Å². The van der Waals surface area contributed by atoms with Crippen LogP contribution in [0.25, 0.3) is 0 Å². The highest BCUT2D eigenvalue weighted by Gasteiger charge is 2.46. The number of benzene rings is 4. The molecule has 0 spiro atoms. The second kappa shape index (κ2) is 17.9. The zero-order chi connectivity index (χ0) is 38.9. The van der Waals surface area contributed by atoms with E-state index in [1.807, 2.05) is 18.2 Å². The number of nitrogen functional groups attached to an aromatic ring is 1. The number of alkyl carbamates (subject to hydrolysis) is 1. The molecular weight excluding hydrogens is 740 g/mol. The molecule has 4 N–H and O–H groups in total. The molecule has 0 saturated heterocycles. The largest absolute Gasteiger partial charge is 0.453 e. The third kappa shape index (κ3) is 9.74. The Hall–Kier alpha value is -5.02. The lowest BCUT2D eigenvalue weighted by Crippen LogP contribution is -2.46. The summed E-state index contributed by atoms with van der Waals surface area (Å²) in [5.41, 5.74) is 8.12. The van der Waals surface area contributed by atoms with Gasteiger partial charge in [-0.1, -0.05) is 91.0 Å². The summed E-state index contributed by atoms with van der Waals surface area (Å²) in [6.45, 7) is -0.836. The van der Waals surface area contributed by atoms with Crippen LogP contribution in [-0.2, 0) is 26.0 Å². The molecule has 0 unspecified atom stereocenters. The molecule has 5 aromatic rings. The first-order valence-electron chi connectivity index (χ1n) is 17.0. The third-order valence-electron chi connectivity index (χ3n) is 9.05. The number of aliphatic hydroxyl groups is 1. The summed E-state index contributed by atoms with van der Waals surface area (Å²) in [4.78, 5) is 26.5. The molecule has 1 heterocycles. The number of carbonyl (C=O) groups is 2. The number of nitrogens with two attached hydrogens (primary N) is 1. The molecule has 0 aliphatic rings. The summed E-state index contributed by atoms with van der Waals surface area (Å²) in [5, 5.41) is 13.2. The van der Waals surface area contributed by atoms with Crippen LogP contribution in [-0.4, -0.2) is 62.2 Å². The molecule has 0 aliphatic heterocycles. The summed E-state index contributed by atoms with van der Waals surface area (Å²) in [6.07, 6.45) is -6.70. The molecule has 0 saturated carbocycles. The second-order valence-corrected chi connectivity index (χ2v) is 15.6. The van der Waals surface area contributed by atoms with Crippen LogP contribution >= 0.6 is 11.3 Å². The lowest BCUT2D eigenvalue weighted by atomic mass is 9.81. The van der Waals surface area contributed by atoms with E-state index in [9.17, 15) is 36.3 Å². The fourth-order valence-electron chi connectivity index (χ4n) is 6.30. The van der Waals surface area contributed by atoms with Gasteiger partial charge in [0.15, 0.2) is 5.78 Å². The molecule has 9 nitrogen and oxygen atoms in total. The van der Waals surface area contributed by atoms with Gasteiger partial charge in [0.1, 0.15) is 6.04 Å². The lowest BCUT2D eigenvalue weighted by molar-refractivity contribution is -0.156. The van der Waals surface area contributed by atoms with Crippen LogP contribution in [0.2, 0.25) is 0 Å². The maximum Gasteiger partial charge on any atom is 0.407 e. The van der Waals surface area contributed by atoms with Crippen LogP contribution in [0, 0.1) is 0 Å². The maximum atomic E-state index is 15.0. The van der Waals surface area contributed by atoms with Gasteiger partial charge in [0, 0.05) is 34.3 Å². The fourth-order valence-corrected chi connectivity index (χ4v) is 9.21. The Morgan fingerprint density at radius 1 is 0.833 bits per heavy atom. The van der Waals surface area contributed by atoms with E-state index in [1.165, 1.54) is 36.4 Å². The van der Waals surface area contributed by atoms with Gasteiger partial charge in [-0.2, -0.15) is 17.5 Å². The molecule has 0 aliphatic carbocycles. The topological polar surface area (TPSA) is 139 Å². The molecule has 5 rings (SSSR count). The quantitative estimate of drug-likeness (QED) is 0.0885. The number of carbonyl (C=O) groups excluding carboxylic acids is 2. The Balaban J connectivity index is 1.51. The smallest absolute Gasteiger partial charge is 0.407 e. The predicted octanol–water partition coefficient (Wildman–Crippen LogP) is 7.46. The van der Waals surface area contributed by atoms with E-state index in [2.05, 4.69) is 5.32 Å². The van der Waals surface area contributed by atoms with E-state index in [1.54, 1.807) is 72.8 Å². The molecule has 1 aromatic heterocycles. The SMILES string of the molecule is COC(=O)N[C@H](C(=O)C[C@H](c1ccc([C@@H](CO)N(CCc2ccccc2)S(=O)(=O)c2ccc(N)cc2)s1)C(F)(F)F)C(c1ccccc1)c1ccccc1. The van der Waals surface area contributed by atoms with Gasteiger partial charge in [-0.25, -0.2) is 13.2 Å². The molecule has 14 heteroatoms. The normalized spacial score (nSPS) is 13.7. The van der Waals surface area contributed by atoms with Gasteiger partial charge in [0.25, 0.3) is 0 Å². The summed E-state index contributed by atoms with van der Waals surface area (Å²) >= 11 is 0.667. The Kier molecular flexibility index (Phi) is 13.3. The van der Waals surface area contributed by atoms with Gasteiger partial charge in [0.2, 0.25) is 10.0 Å². The fraction of sp³-hybridized carbons (Fsp3) is 0.250. The highest BCUT2D eigenvalue weighted by Crippen LogP contribution is 2.44. The lowest BCUT2D eigenvalue weighted by Gasteiger charge is -2.30. The van der Waals surface area contributed by atoms with Crippen LogP contribution in [0.5, 0.6) is 0 Å². The van der Waals surface area contributed by atoms with Crippen molar-refractivity contribution in [3.05, 3.63) is 154 Å². The standard InChI is InChI=1S/C40H40F3N3O6S2/c1-52-39(49)45-38(37(28-13-7-3-8-14-28)29-15-9-4-10-16-29)34(48)25-32(40(41,42)43)35-21-22-36(53-35)33(26-47)46(24-23-27-11-5-2-6-12-27)54(50,51)31-19-17-30(44)18-20-31/h2-22,32-33,37-38,47H,23-26,44H2,1H3,(H,45,49)/t32-,33-,38-/m1/s1. The minimum atomic E-state index is -4.92. The van der Waals surface area contributed by atoms with E-state index in [0.717, 1.165) is 17.0 Å². The maximum absolute atomic E-state index is 15.0. The minimum Gasteiger partial charge on any atom is -0.453 e. The number of ketones is 1. The number of ether oxygens (including phenoxy) is 1. The van der Waals surface area contributed by atoms with Gasteiger partial charge in [-0.3, -0.25) is 4.79 Å². The van der Waals surface area contributed by atoms with Gasteiger partial charge in [0.05, 0.1) is 30.6 Å². The van der Waals surface area contributed by atoms with Crippen molar-refractivity contribution in [2.45, 2.75) is 47.8 Å². The van der Waals surface area contributed by atoms with Crippen LogP contribution in [0.15, 0.2) is 132 Å². The summed E-state index contributed by atoms with van der Waals surface area (Å²) in [5.74, 6) is -4.07. The number of aliphatic hydroxyl groups excluding tert-OH is 1. The van der Waals surface area contributed by atoms with E-state index in [4.69, 9.17) is 10.5 Å². The van der Waals surface area contributed by atoms with E-state index in [-0.39, 0.29) is 27.6 Å². The van der Waals surface area contributed by atoms with Crippen LogP contribution in [0.3, 0.4) is 0 Å². The van der Waals surface area contributed by atoms with Crippen molar-refractivity contribution in [1.29, 1.82) is 0 Å². The van der Waals surface area contributed by atoms with Crippen LogP contribution in [0.1, 0.15) is 50.7 Å². The van der Waals surface area contributed by atoms with Crippen molar-refractivity contribution in [1.82, 2.24) is 9.62 Å². The number of alkyl halides is 3. The van der Waals surface area contributed by atoms with E-state index in [0.29, 0.717) is 28.2 Å². The first kappa shape index (κ1) is 40.2. The van der Waals surface area contributed by atoms with Gasteiger partial charge < -0.3 is 20.9 Å². The molecule has 3 atom stereocenters. The number of methoxy groups -OCH3 is 1. The molecular formula is C40H40F3N3O6S2. The first-order valence-corrected chi connectivity index (χ1v) is 19.2. The number of nitrogens with zero attached hydrogens (tertiary/aromatic N) is 1. The van der Waals surface area contributed by atoms with Gasteiger partial charge in [-0.15, -0.1) is 11.3 Å². The van der Waals surface area contributed by atoms with Crippen molar-refractivity contribution in [3.8, 4) is 0 Å². The molecule has 0 bridgehead atoms. The number of hydrogen-bond donors (Lipinski definition) is 3. The number of halogens is 3. The summed E-state index contributed by atoms with van der Waals surface area (Å²) in [6, 6.07) is 31.7. The number of rotatable bonds is 16. The highest BCUT2D eigenvalue weighted by atomic mass is 32.2. The highest BCUT2D eigenvalue weighted by molar-refractivity contribution is 7.89. The summed E-state index contributed by atoms with van der Waals surface area (Å²) < 4.78 is 79.0. The Morgan fingerprint density at radius 2 is 1.37 bits per heavy atom. The van der Waals surface area contributed by atoms with E-state index >= 15 is 0 Å². The van der Waals surface area contributed by atoms with Crippen molar-refractivity contribution in [2.75, 3.05) is 26.0 Å². The average molecular weight is 780 g/mol. The zero-order valence-electron chi connectivity index (χ0n) is 29.2. The number of sulfonamides is 1. The Labute approximate surface area is 316 Å². The molecule has 0 radical (unpaired) electrons. The molecule has 4 aromatic carbocycles. The number of hydrogen-bond acceptors (Lipinski definition) is 8. The minimum absolute atomic E-state index is 0.0996. The number of Topliss-reactive ketones (excluding diaryl/α,β-unsaturated/α-hetero) is 1. The van der Waals surface area contributed by atoms with Crippen molar-refractivity contribution < 1.29 is 41.0 Å². The van der Waals surface area contributed by atoms with Crippen LogP contribution in [0.4, 0.5) is 23.7 Å². The molecule has 0 fully saturated rings. The molecule has 54 heavy (non-hydrogen) atoms. The van der Waals surface area contributed by atoms with Crippen LogP contribution < -0.4 is 11.1 Å². The molecule has 1 amide bonds. The van der Waals surface area contributed by atoms with Gasteiger partial charge >= 0.3 is 12.3 Å². The molecule has 284 valence electrons. The van der Waals surface area contributed by atoms with Crippen molar-refractivity contribution in [3.63, 3.8) is 0 Å². The zero-order valence-corrected chi connectivity index (χ0v) is 30.9.